The minimum Gasteiger partial charge on any atom is -0.478 e. The van der Waals surface area contributed by atoms with Crippen molar-refractivity contribution in [2.24, 2.45) is 0 Å². The van der Waals surface area contributed by atoms with E-state index in [0.29, 0.717) is 12.1 Å². The largest absolute Gasteiger partial charge is 0.478 e. The molecule has 0 aliphatic heterocycles. The Bertz CT molecular complexity index is 595. The second kappa shape index (κ2) is 3.93. The zero-order valence-corrected chi connectivity index (χ0v) is 8.57. The fourth-order valence-corrected chi connectivity index (χ4v) is 1.31. The van der Waals surface area contributed by atoms with Gasteiger partial charge >= 0.3 is 5.97 Å². The number of carboxylic acid groups (broad SMARTS) is 1. The molecule has 0 spiro atoms. The molecule has 0 bridgehead atoms. The first-order chi connectivity index (χ1) is 7.99. The number of benzene rings is 1. The molecule has 1 aromatic carbocycles. The number of nitrogens with zero attached hydrogens (tertiary/aromatic N) is 2. The minimum atomic E-state index is -1.41. The van der Waals surface area contributed by atoms with E-state index in [1.165, 1.54) is 6.92 Å². The molecular weight excluding hydrogens is 234 g/mol. The van der Waals surface area contributed by atoms with E-state index in [2.05, 4.69) is 10.1 Å². The normalized spacial score (nSPS) is 10.5. The highest BCUT2D eigenvalue weighted by atomic mass is 19.2. The lowest BCUT2D eigenvalue weighted by atomic mass is 10.1. The van der Waals surface area contributed by atoms with Gasteiger partial charge in [-0.25, -0.2) is 13.6 Å². The van der Waals surface area contributed by atoms with Crippen molar-refractivity contribution >= 4 is 5.97 Å². The number of hydrogen-bond acceptors (Lipinski definition) is 4. The van der Waals surface area contributed by atoms with Gasteiger partial charge in [-0.15, -0.1) is 0 Å². The third-order valence-electron chi connectivity index (χ3n) is 2.05. The van der Waals surface area contributed by atoms with Crippen LogP contribution in [0, 0.1) is 18.6 Å². The van der Waals surface area contributed by atoms with Crippen molar-refractivity contribution in [3.63, 3.8) is 0 Å². The molecule has 2 aromatic rings. The quantitative estimate of drug-likeness (QED) is 0.868. The third-order valence-corrected chi connectivity index (χ3v) is 2.05. The molecule has 0 aliphatic carbocycles. The zero-order valence-electron chi connectivity index (χ0n) is 8.57. The van der Waals surface area contributed by atoms with Crippen molar-refractivity contribution in [2.45, 2.75) is 6.92 Å². The van der Waals surface area contributed by atoms with E-state index in [1.807, 2.05) is 0 Å². The van der Waals surface area contributed by atoms with E-state index in [0.717, 1.165) is 0 Å². The topological polar surface area (TPSA) is 76.2 Å². The molecule has 1 heterocycles. The Morgan fingerprint density at radius 2 is 2.00 bits per heavy atom. The minimum absolute atomic E-state index is 0.156. The van der Waals surface area contributed by atoms with Crippen molar-refractivity contribution in [1.82, 2.24) is 10.1 Å². The molecule has 17 heavy (non-hydrogen) atoms. The first-order valence-electron chi connectivity index (χ1n) is 4.52. The Morgan fingerprint density at radius 3 is 2.53 bits per heavy atom. The summed E-state index contributed by atoms with van der Waals surface area (Å²) in [4.78, 5) is 14.7. The molecule has 0 unspecified atom stereocenters. The maximum absolute atomic E-state index is 13.1. The van der Waals surface area contributed by atoms with Crippen LogP contribution in [0.3, 0.4) is 0 Å². The number of halogens is 2. The Morgan fingerprint density at radius 1 is 1.35 bits per heavy atom. The summed E-state index contributed by atoms with van der Waals surface area (Å²) < 4.78 is 30.7. The van der Waals surface area contributed by atoms with Crippen molar-refractivity contribution in [1.29, 1.82) is 0 Å². The molecule has 0 amide bonds. The molecule has 0 saturated carbocycles. The highest BCUT2D eigenvalue weighted by Gasteiger charge is 2.20. The number of carbonyl (C=O) groups is 1. The van der Waals surface area contributed by atoms with E-state index in [1.54, 1.807) is 0 Å². The Balaban J connectivity index is 2.67. The highest BCUT2D eigenvalue weighted by molar-refractivity contribution is 5.94. The molecular formula is C10H6F2N2O3. The van der Waals surface area contributed by atoms with Gasteiger partial charge in [0.1, 0.15) is 0 Å². The molecule has 88 valence electrons. The molecule has 2 rings (SSSR count). The fourth-order valence-electron chi connectivity index (χ4n) is 1.31. The van der Waals surface area contributed by atoms with Crippen LogP contribution in [0.1, 0.15) is 16.2 Å². The molecule has 0 aliphatic rings. The summed E-state index contributed by atoms with van der Waals surface area (Å²) in [5, 5.41) is 12.3. The average molecular weight is 240 g/mol. The maximum Gasteiger partial charge on any atom is 0.336 e. The highest BCUT2D eigenvalue weighted by Crippen LogP contribution is 2.25. The maximum atomic E-state index is 13.1. The van der Waals surface area contributed by atoms with Gasteiger partial charge in [-0.1, -0.05) is 5.16 Å². The van der Waals surface area contributed by atoms with Crippen LogP contribution in [0.15, 0.2) is 16.7 Å². The summed E-state index contributed by atoms with van der Waals surface area (Å²) in [5.41, 5.74) is -0.593. The fraction of sp³-hybridized carbons (Fsp3) is 0.100. The SMILES string of the molecule is Cc1noc(-c2cc(F)c(F)cc2C(=O)O)n1. The summed E-state index contributed by atoms with van der Waals surface area (Å²) in [7, 11) is 0. The van der Waals surface area contributed by atoms with E-state index < -0.39 is 23.2 Å². The molecule has 7 heteroatoms. The molecule has 0 saturated heterocycles. The summed E-state index contributed by atoms with van der Waals surface area (Å²) in [5.74, 6) is -3.74. The van der Waals surface area contributed by atoms with Crippen LogP contribution in [-0.4, -0.2) is 21.2 Å². The van der Waals surface area contributed by atoms with Gasteiger partial charge in [0.2, 0.25) is 0 Å². The average Bonchev–Trinajstić information content (AvgIpc) is 2.68. The summed E-state index contributed by atoms with van der Waals surface area (Å²) in [6.07, 6.45) is 0. The van der Waals surface area contributed by atoms with Gasteiger partial charge < -0.3 is 9.63 Å². The second-order valence-electron chi connectivity index (χ2n) is 3.26. The van der Waals surface area contributed by atoms with Crippen molar-refractivity contribution in [2.75, 3.05) is 0 Å². The van der Waals surface area contributed by atoms with Crippen LogP contribution in [-0.2, 0) is 0 Å². The van der Waals surface area contributed by atoms with Crippen LogP contribution in [0.2, 0.25) is 0 Å². The standard InChI is InChI=1S/C10H6F2N2O3/c1-4-13-9(17-14-4)5-2-7(11)8(12)3-6(5)10(15)16/h2-3H,1H3,(H,15,16). The van der Waals surface area contributed by atoms with Gasteiger partial charge in [0, 0.05) is 0 Å². The van der Waals surface area contributed by atoms with E-state index >= 15 is 0 Å². The van der Waals surface area contributed by atoms with E-state index in [4.69, 9.17) is 9.63 Å². The molecule has 0 fully saturated rings. The lowest BCUT2D eigenvalue weighted by molar-refractivity contribution is 0.0696. The van der Waals surface area contributed by atoms with Crippen LogP contribution in [0.4, 0.5) is 8.78 Å². The lowest BCUT2D eigenvalue weighted by Crippen LogP contribution is -2.02. The first-order valence-corrected chi connectivity index (χ1v) is 4.52. The van der Waals surface area contributed by atoms with Crippen LogP contribution >= 0.6 is 0 Å². The van der Waals surface area contributed by atoms with E-state index in [9.17, 15) is 13.6 Å². The van der Waals surface area contributed by atoms with Crippen LogP contribution in [0.5, 0.6) is 0 Å². The summed E-state index contributed by atoms with van der Waals surface area (Å²) in [6.45, 7) is 1.52. The predicted molar refractivity (Wildman–Crippen MR) is 51.3 cm³/mol. The van der Waals surface area contributed by atoms with Crippen LogP contribution < -0.4 is 0 Å². The number of aryl methyl sites for hydroxylation is 1. The van der Waals surface area contributed by atoms with Gasteiger partial charge in [-0.3, -0.25) is 0 Å². The summed E-state index contributed by atoms with van der Waals surface area (Å²) in [6, 6.07) is 1.29. The number of hydrogen-bond donors (Lipinski definition) is 1. The Hall–Kier alpha value is -2.31. The van der Waals surface area contributed by atoms with Crippen molar-refractivity contribution < 1.29 is 23.2 Å². The Labute approximate surface area is 93.7 Å². The van der Waals surface area contributed by atoms with Gasteiger partial charge in [-0.2, -0.15) is 4.98 Å². The third kappa shape index (κ3) is 1.99. The monoisotopic (exact) mass is 240 g/mol. The molecule has 0 radical (unpaired) electrons. The first kappa shape index (κ1) is 11.2. The number of aromatic nitrogens is 2. The molecule has 1 N–H and O–H groups in total. The molecule has 5 nitrogen and oxygen atoms in total. The second-order valence-corrected chi connectivity index (χ2v) is 3.26. The number of carboxylic acids is 1. The van der Waals surface area contributed by atoms with Gasteiger partial charge in [0.25, 0.3) is 5.89 Å². The number of aromatic carboxylic acids is 1. The smallest absolute Gasteiger partial charge is 0.336 e. The van der Waals surface area contributed by atoms with Gasteiger partial charge in [0.05, 0.1) is 11.1 Å². The van der Waals surface area contributed by atoms with Crippen molar-refractivity contribution in [3.05, 3.63) is 35.2 Å². The molecule has 1 aromatic heterocycles. The van der Waals surface area contributed by atoms with Gasteiger partial charge in [0.15, 0.2) is 17.5 Å². The summed E-state index contributed by atoms with van der Waals surface area (Å²) >= 11 is 0. The van der Waals surface area contributed by atoms with Gasteiger partial charge in [-0.05, 0) is 19.1 Å². The zero-order chi connectivity index (χ0) is 12.6. The molecule has 0 atom stereocenters. The predicted octanol–water partition coefficient (Wildman–Crippen LogP) is 2.02. The van der Waals surface area contributed by atoms with Crippen LogP contribution in [0.25, 0.3) is 11.5 Å². The van der Waals surface area contributed by atoms with Crippen molar-refractivity contribution in [3.8, 4) is 11.5 Å². The Kier molecular flexibility index (Phi) is 2.58. The lowest BCUT2D eigenvalue weighted by Gasteiger charge is -2.02. The number of rotatable bonds is 2. The van der Waals surface area contributed by atoms with E-state index in [-0.39, 0.29) is 17.3 Å².